The SMILES string of the molecule is COc1ccc(-c2nc3sc4c(O)c(C)cc(F)c4c3c(=O)n2Cc2cnco2)c(C2CC2)c1. The molecule has 3 heterocycles. The number of fused-ring (bicyclic) bond motifs is 3. The zero-order chi connectivity index (χ0) is 23.6. The second kappa shape index (κ2) is 7.66. The molecule has 0 saturated heterocycles. The van der Waals surface area contributed by atoms with Gasteiger partial charge in [-0.15, -0.1) is 11.3 Å². The Morgan fingerprint density at radius 2 is 2.12 bits per heavy atom. The molecule has 6 rings (SSSR count). The summed E-state index contributed by atoms with van der Waals surface area (Å²) < 4.78 is 27.7. The molecule has 1 N–H and O–H groups in total. The fourth-order valence-electron chi connectivity index (χ4n) is 4.42. The monoisotopic (exact) mass is 477 g/mol. The summed E-state index contributed by atoms with van der Waals surface area (Å²) in [5.74, 6) is 1.44. The number of thiophene rings is 1. The number of aromatic hydroxyl groups is 1. The smallest absolute Gasteiger partial charge is 0.263 e. The van der Waals surface area contributed by atoms with Gasteiger partial charge in [0.05, 0.1) is 29.9 Å². The van der Waals surface area contributed by atoms with Crippen LogP contribution in [0.25, 0.3) is 31.7 Å². The normalized spacial score (nSPS) is 13.7. The maximum Gasteiger partial charge on any atom is 0.263 e. The predicted molar refractivity (Wildman–Crippen MR) is 127 cm³/mol. The van der Waals surface area contributed by atoms with Gasteiger partial charge in [-0.3, -0.25) is 9.36 Å². The Balaban J connectivity index is 1.70. The van der Waals surface area contributed by atoms with Crippen LogP contribution in [0.2, 0.25) is 0 Å². The van der Waals surface area contributed by atoms with Crippen LogP contribution in [0.5, 0.6) is 11.5 Å². The molecule has 3 aromatic heterocycles. The quantitative estimate of drug-likeness (QED) is 0.367. The van der Waals surface area contributed by atoms with E-state index in [2.05, 4.69) is 4.98 Å². The summed E-state index contributed by atoms with van der Waals surface area (Å²) >= 11 is 1.12. The molecular weight excluding hydrogens is 457 g/mol. The lowest BCUT2D eigenvalue weighted by molar-refractivity contribution is 0.414. The van der Waals surface area contributed by atoms with Gasteiger partial charge in [0, 0.05) is 10.9 Å². The highest BCUT2D eigenvalue weighted by atomic mass is 32.1. The van der Waals surface area contributed by atoms with E-state index in [4.69, 9.17) is 14.1 Å². The standard InChI is InChI=1S/C25H20FN3O4S/c1-12-7-18(26)19-20-24(34-22(19)21(12)30)28-23(29(25(20)31)10-15-9-27-11-33-15)16-6-5-14(32-2)8-17(16)13-3-4-13/h5-9,11,13,30H,3-4,10H2,1-2H3. The molecule has 1 aliphatic carbocycles. The van der Waals surface area contributed by atoms with Gasteiger partial charge in [-0.1, -0.05) is 0 Å². The maximum atomic E-state index is 15.0. The van der Waals surface area contributed by atoms with Crippen LogP contribution >= 0.6 is 11.3 Å². The average Bonchev–Trinajstić information content (AvgIpc) is 3.40. The van der Waals surface area contributed by atoms with Gasteiger partial charge in [0.15, 0.2) is 6.39 Å². The minimum atomic E-state index is -0.558. The van der Waals surface area contributed by atoms with E-state index in [9.17, 15) is 9.90 Å². The molecule has 1 fully saturated rings. The lowest BCUT2D eigenvalue weighted by Crippen LogP contribution is -2.24. The van der Waals surface area contributed by atoms with E-state index in [1.807, 2.05) is 18.2 Å². The number of halogens is 1. The summed E-state index contributed by atoms with van der Waals surface area (Å²) in [5.41, 5.74) is 1.88. The highest BCUT2D eigenvalue weighted by Gasteiger charge is 2.30. The van der Waals surface area contributed by atoms with Crippen molar-refractivity contribution in [3.63, 3.8) is 0 Å². The van der Waals surface area contributed by atoms with Crippen LogP contribution in [0.15, 0.2) is 46.1 Å². The van der Waals surface area contributed by atoms with Gasteiger partial charge in [0.2, 0.25) is 0 Å². The Kier molecular flexibility index (Phi) is 4.70. The van der Waals surface area contributed by atoms with E-state index in [0.29, 0.717) is 32.6 Å². The van der Waals surface area contributed by atoms with E-state index in [1.54, 1.807) is 14.0 Å². The molecule has 0 radical (unpaired) electrons. The maximum absolute atomic E-state index is 15.0. The average molecular weight is 478 g/mol. The Bertz CT molecular complexity index is 1630. The first-order valence-electron chi connectivity index (χ1n) is 10.9. The van der Waals surface area contributed by atoms with Crippen molar-refractivity contribution >= 4 is 31.6 Å². The van der Waals surface area contributed by atoms with Gasteiger partial charge in [-0.25, -0.2) is 14.4 Å². The van der Waals surface area contributed by atoms with E-state index >= 15 is 4.39 Å². The van der Waals surface area contributed by atoms with Crippen LogP contribution in [0.1, 0.15) is 35.6 Å². The number of phenols is 1. The predicted octanol–water partition coefficient (Wildman–Crippen LogP) is 5.35. The topological polar surface area (TPSA) is 90.4 Å². The van der Waals surface area contributed by atoms with Gasteiger partial charge < -0.3 is 14.3 Å². The number of methoxy groups -OCH3 is 1. The Morgan fingerprint density at radius 3 is 2.82 bits per heavy atom. The summed E-state index contributed by atoms with van der Waals surface area (Å²) in [6, 6.07) is 6.98. The fourth-order valence-corrected chi connectivity index (χ4v) is 5.60. The second-order valence-corrected chi connectivity index (χ2v) is 9.53. The molecule has 0 aliphatic heterocycles. The van der Waals surface area contributed by atoms with Gasteiger partial charge >= 0.3 is 0 Å². The molecule has 172 valence electrons. The molecule has 0 bridgehead atoms. The highest BCUT2D eigenvalue weighted by Crippen LogP contribution is 2.46. The van der Waals surface area contributed by atoms with Crippen molar-refractivity contribution in [3.05, 3.63) is 69.9 Å². The summed E-state index contributed by atoms with van der Waals surface area (Å²) in [6.45, 7) is 1.71. The highest BCUT2D eigenvalue weighted by molar-refractivity contribution is 7.25. The summed E-state index contributed by atoms with van der Waals surface area (Å²) in [5, 5.41) is 10.8. The van der Waals surface area contributed by atoms with Crippen molar-refractivity contribution in [1.29, 1.82) is 0 Å². The molecule has 1 aliphatic rings. The molecule has 0 unspecified atom stereocenters. The van der Waals surface area contributed by atoms with Crippen LogP contribution < -0.4 is 10.3 Å². The van der Waals surface area contributed by atoms with Crippen molar-refractivity contribution in [3.8, 4) is 22.9 Å². The first-order valence-corrected chi connectivity index (χ1v) is 11.7. The largest absolute Gasteiger partial charge is 0.506 e. The number of phenolic OH excluding ortho intramolecular Hbond substituents is 1. The fraction of sp³-hybridized carbons (Fsp3) is 0.240. The Morgan fingerprint density at radius 1 is 1.29 bits per heavy atom. The second-order valence-electron chi connectivity index (χ2n) is 8.53. The third-order valence-corrected chi connectivity index (χ3v) is 7.39. The van der Waals surface area contributed by atoms with Crippen molar-refractivity contribution < 1.29 is 18.7 Å². The molecule has 7 nitrogen and oxygen atoms in total. The summed E-state index contributed by atoms with van der Waals surface area (Å²) in [6.07, 6.45) is 4.94. The lowest BCUT2D eigenvalue weighted by Gasteiger charge is -2.15. The molecule has 0 atom stereocenters. The van der Waals surface area contributed by atoms with E-state index < -0.39 is 11.4 Å². The van der Waals surface area contributed by atoms with Crippen LogP contribution in [-0.4, -0.2) is 26.8 Å². The number of rotatable bonds is 5. The number of nitrogens with zero attached hydrogens (tertiary/aromatic N) is 3. The molecule has 5 aromatic rings. The molecular formula is C25H20FN3O4S. The van der Waals surface area contributed by atoms with Crippen molar-refractivity contribution in [1.82, 2.24) is 14.5 Å². The number of benzene rings is 2. The number of ether oxygens (including phenoxy) is 1. The summed E-state index contributed by atoms with van der Waals surface area (Å²) in [7, 11) is 1.62. The zero-order valence-corrected chi connectivity index (χ0v) is 19.3. The zero-order valence-electron chi connectivity index (χ0n) is 18.5. The van der Waals surface area contributed by atoms with Crippen LogP contribution in [0.3, 0.4) is 0 Å². The van der Waals surface area contributed by atoms with Crippen LogP contribution in [0, 0.1) is 12.7 Å². The molecule has 1 saturated carbocycles. The number of hydrogen-bond acceptors (Lipinski definition) is 7. The number of aromatic nitrogens is 3. The molecule has 0 amide bonds. The minimum Gasteiger partial charge on any atom is -0.506 e. The van der Waals surface area contributed by atoms with Crippen molar-refractivity contribution in [2.45, 2.75) is 32.2 Å². The van der Waals surface area contributed by atoms with E-state index in [1.165, 1.54) is 23.2 Å². The van der Waals surface area contributed by atoms with Gasteiger partial charge in [-0.2, -0.15) is 0 Å². The van der Waals surface area contributed by atoms with Crippen LogP contribution in [0.4, 0.5) is 4.39 Å². The molecule has 9 heteroatoms. The van der Waals surface area contributed by atoms with Gasteiger partial charge in [0.1, 0.15) is 33.7 Å². The summed E-state index contributed by atoms with van der Waals surface area (Å²) in [4.78, 5) is 23.1. The third-order valence-electron chi connectivity index (χ3n) is 6.30. The third kappa shape index (κ3) is 3.19. The van der Waals surface area contributed by atoms with E-state index in [-0.39, 0.29) is 23.1 Å². The number of hydrogen-bond donors (Lipinski definition) is 1. The molecule has 0 spiro atoms. The Labute approximate surface area is 197 Å². The lowest BCUT2D eigenvalue weighted by atomic mass is 10.0. The van der Waals surface area contributed by atoms with E-state index in [0.717, 1.165) is 41.1 Å². The minimum absolute atomic E-state index is 0.0368. The first kappa shape index (κ1) is 20.9. The van der Waals surface area contributed by atoms with Crippen molar-refractivity contribution in [2.24, 2.45) is 0 Å². The van der Waals surface area contributed by atoms with Crippen molar-refractivity contribution in [2.75, 3.05) is 7.11 Å². The molecule has 34 heavy (non-hydrogen) atoms. The molecule has 2 aromatic carbocycles. The first-order chi connectivity index (χ1) is 16.5. The van der Waals surface area contributed by atoms with Gasteiger partial charge in [-0.05, 0) is 61.1 Å². The van der Waals surface area contributed by atoms with Gasteiger partial charge in [0.25, 0.3) is 5.56 Å². The Hall–Kier alpha value is -3.72. The van der Waals surface area contributed by atoms with Crippen LogP contribution in [-0.2, 0) is 6.54 Å². The number of aryl methyl sites for hydroxylation is 1. The number of oxazole rings is 1.